The van der Waals surface area contributed by atoms with Crippen LogP contribution >= 0.6 is 34.8 Å². The highest BCUT2D eigenvalue weighted by Crippen LogP contribution is 2.28. The Balaban J connectivity index is 1.73. The van der Waals surface area contributed by atoms with Gasteiger partial charge in [-0.2, -0.15) is 5.10 Å². The summed E-state index contributed by atoms with van der Waals surface area (Å²) in [6.07, 6.45) is 0. The van der Waals surface area contributed by atoms with Gasteiger partial charge < -0.3 is 15.0 Å². The van der Waals surface area contributed by atoms with Gasteiger partial charge in [-0.1, -0.05) is 53.0 Å². The fraction of sp³-hybridized carbons (Fsp3) is 0.227. The molecule has 0 unspecified atom stereocenters. The van der Waals surface area contributed by atoms with Gasteiger partial charge in [-0.3, -0.25) is 9.59 Å². The van der Waals surface area contributed by atoms with E-state index in [9.17, 15) is 9.59 Å². The van der Waals surface area contributed by atoms with Crippen LogP contribution in [0.5, 0.6) is 5.75 Å². The van der Waals surface area contributed by atoms with Crippen molar-refractivity contribution in [2.24, 2.45) is 0 Å². The van der Waals surface area contributed by atoms with Crippen molar-refractivity contribution < 1.29 is 14.3 Å². The van der Waals surface area contributed by atoms with Gasteiger partial charge in [0.05, 0.1) is 37.1 Å². The lowest BCUT2D eigenvalue weighted by Gasteiger charge is -2.17. The lowest BCUT2D eigenvalue weighted by Crippen LogP contribution is -2.35. The molecule has 0 aliphatic carbocycles. The molecule has 0 radical (unpaired) electrons. The molecule has 2 aromatic carbocycles. The minimum Gasteiger partial charge on any atom is -0.495 e. The molecule has 0 aliphatic heterocycles. The van der Waals surface area contributed by atoms with Crippen LogP contribution in [0.1, 0.15) is 21.6 Å². The van der Waals surface area contributed by atoms with Crippen molar-refractivity contribution in [2.45, 2.75) is 13.5 Å². The van der Waals surface area contributed by atoms with Crippen LogP contribution in [0.25, 0.3) is 0 Å². The summed E-state index contributed by atoms with van der Waals surface area (Å²) < 4.78 is 6.73. The number of nitrogens with one attached hydrogen (secondary N) is 1. The number of amides is 2. The molecule has 0 saturated carbocycles. The fourth-order valence-electron chi connectivity index (χ4n) is 3.13. The number of carbonyl (C=O) groups is 2. The van der Waals surface area contributed by atoms with E-state index in [4.69, 9.17) is 39.5 Å². The second kappa shape index (κ2) is 10.3. The average molecular weight is 496 g/mol. The zero-order valence-electron chi connectivity index (χ0n) is 17.7. The van der Waals surface area contributed by atoms with Crippen molar-refractivity contribution in [1.29, 1.82) is 0 Å². The van der Waals surface area contributed by atoms with E-state index in [0.717, 1.165) is 5.56 Å². The largest absolute Gasteiger partial charge is 0.495 e. The van der Waals surface area contributed by atoms with Crippen LogP contribution in [-0.2, 0) is 11.3 Å². The number of nitrogens with zero attached hydrogens (tertiary/aromatic N) is 3. The van der Waals surface area contributed by atoms with Gasteiger partial charge in [0.1, 0.15) is 10.9 Å². The Morgan fingerprint density at radius 1 is 1.16 bits per heavy atom. The Kier molecular flexibility index (Phi) is 7.66. The maximum atomic E-state index is 13.0. The standard InChI is InChI=1S/C22H21Cl3N4O3/c1-13-20(21(25)29(27-13)11-14-6-4-5-7-16(14)24)22(31)28(2)12-19(30)26-17-10-15(23)8-9-18(17)32-3/h4-10H,11-12H2,1-3H3,(H,26,30). The molecule has 10 heteroatoms. The predicted octanol–water partition coefficient (Wildman–Crippen LogP) is 4.92. The van der Waals surface area contributed by atoms with Gasteiger partial charge in [0.15, 0.2) is 0 Å². The summed E-state index contributed by atoms with van der Waals surface area (Å²) in [5, 5.41) is 8.28. The van der Waals surface area contributed by atoms with Gasteiger partial charge in [-0.15, -0.1) is 0 Å². The van der Waals surface area contributed by atoms with E-state index in [0.29, 0.717) is 33.7 Å². The summed E-state index contributed by atoms with van der Waals surface area (Å²) in [6.45, 7) is 1.79. The molecule has 1 aromatic heterocycles. The quantitative estimate of drug-likeness (QED) is 0.505. The number of hydrogen-bond donors (Lipinski definition) is 1. The summed E-state index contributed by atoms with van der Waals surface area (Å²) in [6, 6.07) is 12.2. The number of aryl methyl sites for hydroxylation is 1. The molecule has 1 heterocycles. The summed E-state index contributed by atoms with van der Waals surface area (Å²) >= 11 is 18.7. The van der Waals surface area contributed by atoms with Gasteiger partial charge in [0.2, 0.25) is 5.91 Å². The van der Waals surface area contributed by atoms with Crippen molar-refractivity contribution >= 4 is 52.3 Å². The molecule has 0 spiro atoms. The number of benzene rings is 2. The molecule has 3 rings (SSSR count). The van der Waals surface area contributed by atoms with Crippen LogP contribution in [-0.4, -0.2) is 47.2 Å². The van der Waals surface area contributed by atoms with Crippen LogP contribution in [0.15, 0.2) is 42.5 Å². The van der Waals surface area contributed by atoms with Crippen LogP contribution in [0, 0.1) is 6.92 Å². The van der Waals surface area contributed by atoms with Crippen LogP contribution in [0.3, 0.4) is 0 Å². The Labute approximate surface area is 200 Å². The fourth-order valence-corrected chi connectivity index (χ4v) is 3.82. The molecule has 0 aliphatic rings. The maximum absolute atomic E-state index is 13.0. The predicted molar refractivity (Wildman–Crippen MR) is 126 cm³/mol. The van der Waals surface area contributed by atoms with Gasteiger partial charge in [-0.05, 0) is 36.8 Å². The minimum atomic E-state index is -0.425. The number of halogens is 3. The zero-order chi connectivity index (χ0) is 23.4. The number of methoxy groups -OCH3 is 1. The van der Waals surface area contributed by atoms with Gasteiger partial charge >= 0.3 is 0 Å². The molecule has 0 atom stereocenters. The third-order valence-corrected chi connectivity index (χ3v) is 5.71. The Morgan fingerprint density at radius 2 is 1.88 bits per heavy atom. The van der Waals surface area contributed by atoms with Crippen molar-refractivity contribution in [1.82, 2.24) is 14.7 Å². The zero-order valence-corrected chi connectivity index (χ0v) is 19.9. The van der Waals surface area contributed by atoms with Crippen molar-refractivity contribution in [3.63, 3.8) is 0 Å². The Hall–Kier alpha value is -2.74. The van der Waals surface area contributed by atoms with E-state index in [-0.39, 0.29) is 17.3 Å². The molecule has 32 heavy (non-hydrogen) atoms. The molecule has 0 fully saturated rings. The first-order chi connectivity index (χ1) is 15.2. The highest BCUT2D eigenvalue weighted by Gasteiger charge is 2.25. The van der Waals surface area contributed by atoms with E-state index in [2.05, 4.69) is 10.4 Å². The average Bonchev–Trinajstić information content (AvgIpc) is 3.02. The molecule has 7 nitrogen and oxygen atoms in total. The van der Waals surface area contributed by atoms with E-state index in [1.54, 1.807) is 31.2 Å². The molecular weight excluding hydrogens is 475 g/mol. The van der Waals surface area contributed by atoms with E-state index >= 15 is 0 Å². The number of anilines is 1. The molecule has 168 valence electrons. The van der Waals surface area contributed by atoms with Crippen molar-refractivity contribution in [3.8, 4) is 5.75 Å². The summed E-state index contributed by atoms with van der Waals surface area (Å²) in [7, 11) is 3.00. The normalized spacial score (nSPS) is 10.7. The first-order valence-corrected chi connectivity index (χ1v) is 10.7. The summed E-state index contributed by atoms with van der Waals surface area (Å²) in [4.78, 5) is 26.8. The van der Waals surface area contributed by atoms with Crippen LogP contribution < -0.4 is 10.1 Å². The van der Waals surface area contributed by atoms with Crippen LogP contribution in [0.2, 0.25) is 15.2 Å². The lowest BCUT2D eigenvalue weighted by molar-refractivity contribution is -0.116. The van der Waals surface area contributed by atoms with Gasteiger partial charge in [0, 0.05) is 17.1 Å². The minimum absolute atomic E-state index is 0.177. The highest BCUT2D eigenvalue weighted by atomic mass is 35.5. The third kappa shape index (κ3) is 5.35. The smallest absolute Gasteiger partial charge is 0.259 e. The number of carbonyl (C=O) groups excluding carboxylic acids is 2. The molecule has 1 N–H and O–H groups in total. The second-order valence-electron chi connectivity index (χ2n) is 7.05. The molecule has 2 amide bonds. The third-order valence-electron chi connectivity index (χ3n) is 4.72. The first kappa shape index (κ1) is 23.9. The topological polar surface area (TPSA) is 76.5 Å². The summed E-state index contributed by atoms with van der Waals surface area (Å²) in [5.41, 5.74) is 1.92. The van der Waals surface area contributed by atoms with Gasteiger partial charge in [-0.25, -0.2) is 4.68 Å². The second-order valence-corrected chi connectivity index (χ2v) is 8.26. The van der Waals surface area contributed by atoms with Crippen molar-refractivity contribution in [3.05, 3.63) is 74.5 Å². The van der Waals surface area contributed by atoms with E-state index < -0.39 is 11.8 Å². The monoisotopic (exact) mass is 494 g/mol. The van der Waals surface area contributed by atoms with Crippen molar-refractivity contribution in [2.75, 3.05) is 26.0 Å². The van der Waals surface area contributed by atoms with E-state index in [1.165, 1.54) is 23.7 Å². The molecule has 3 aromatic rings. The first-order valence-electron chi connectivity index (χ1n) is 9.56. The Morgan fingerprint density at radius 3 is 2.56 bits per heavy atom. The molecule has 0 bridgehead atoms. The highest BCUT2D eigenvalue weighted by molar-refractivity contribution is 6.33. The number of aromatic nitrogens is 2. The van der Waals surface area contributed by atoms with Crippen LogP contribution in [0.4, 0.5) is 5.69 Å². The van der Waals surface area contributed by atoms with Gasteiger partial charge in [0.25, 0.3) is 5.91 Å². The van der Waals surface area contributed by atoms with E-state index in [1.807, 2.05) is 18.2 Å². The summed E-state index contributed by atoms with van der Waals surface area (Å²) in [5.74, 6) is -0.388. The number of ether oxygens (including phenoxy) is 1. The maximum Gasteiger partial charge on any atom is 0.259 e. The SMILES string of the molecule is COc1ccc(Cl)cc1NC(=O)CN(C)C(=O)c1c(C)nn(Cc2ccccc2Cl)c1Cl. The molecule has 0 saturated heterocycles. The Bertz CT molecular complexity index is 1160. The number of rotatable bonds is 7. The number of likely N-dealkylation sites (N-methyl/N-ethyl adjacent to an activating group) is 1. The molecular formula is C22H21Cl3N4O3. The lowest BCUT2D eigenvalue weighted by atomic mass is 10.2. The number of hydrogen-bond acceptors (Lipinski definition) is 4.